The van der Waals surface area contributed by atoms with Gasteiger partial charge in [-0.15, -0.1) is 0 Å². The molecule has 3 rings (SSSR count). The summed E-state index contributed by atoms with van der Waals surface area (Å²) in [4.78, 5) is 20.3. The monoisotopic (exact) mass is 341 g/mol. The minimum absolute atomic E-state index is 0.634. The van der Waals surface area contributed by atoms with E-state index < -0.39 is 12.0 Å². The van der Waals surface area contributed by atoms with E-state index in [1.807, 2.05) is 42.2 Å². The number of piperazine rings is 1. The third kappa shape index (κ3) is 3.74. The van der Waals surface area contributed by atoms with Crippen LogP contribution in [0.25, 0.3) is 0 Å². The van der Waals surface area contributed by atoms with E-state index in [2.05, 4.69) is 9.88 Å². The van der Waals surface area contributed by atoms with Gasteiger partial charge in [-0.3, -0.25) is 14.7 Å². The number of pyridine rings is 1. The number of aryl methyl sites for hydroxylation is 1. The zero-order valence-electron chi connectivity index (χ0n) is 14.6. The molecule has 0 unspecified atom stereocenters. The van der Waals surface area contributed by atoms with Gasteiger partial charge in [0.05, 0.1) is 7.11 Å². The van der Waals surface area contributed by atoms with E-state index in [9.17, 15) is 9.90 Å². The van der Waals surface area contributed by atoms with Crippen LogP contribution in [0.5, 0.6) is 5.75 Å². The van der Waals surface area contributed by atoms with Crippen LogP contribution >= 0.6 is 0 Å². The number of carbonyl (C=O) groups is 1. The van der Waals surface area contributed by atoms with Gasteiger partial charge in [-0.25, -0.2) is 0 Å². The Labute approximate surface area is 147 Å². The van der Waals surface area contributed by atoms with Gasteiger partial charge >= 0.3 is 5.97 Å². The number of carboxylic acids is 1. The fourth-order valence-electron chi connectivity index (χ4n) is 3.36. The number of ether oxygens (including phenoxy) is 1. The van der Waals surface area contributed by atoms with Crippen molar-refractivity contribution in [3.8, 4) is 5.75 Å². The average Bonchev–Trinajstić information content (AvgIpc) is 2.64. The van der Waals surface area contributed by atoms with Gasteiger partial charge in [0.1, 0.15) is 11.8 Å². The number of aliphatic carboxylic acids is 1. The molecule has 0 saturated carbocycles. The van der Waals surface area contributed by atoms with E-state index in [4.69, 9.17) is 4.74 Å². The molecule has 6 nitrogen and oxygen atoms in total. The molecule has 1 aromatic heterocycles. The molecule has 0 spiro atoms. The van der Waals surface area contributed by atoms with Gasteiger partial charge in [0.15, 0.2) is 0 Å². The lowest BCUT2D eigenvalue weighted by Gasteiger charge is -2.39. The topological polar surface area (TPSA) is 65.9 Å². The molecule has 2 aromatic rings. The van der Waals surface area contributed by atoms with Crippen molar-refractivity contribution in [2.75, 3.05) is 38.2 Å². The molecule has 0 radical (unpaired) electrons. The van der Waals surface area contributed by atoms with Crippen LogP contribution in [-0.4, -0.2) is 54.2 Å². The lowest BCUT2D eigenvalue weighted by atomic mass is 9.99. The van der Waals surface area contributed by atoms with Gasteiger partial charge in [-0.1, -0.05) is 6.07 Å². The van der Waals surface area contributed by atoms with Crippen LogP contribution in [0.15, 0.2) is 42.7 Å². The molecular weight excluding hydrogens is 318 g/mol. The number of nitrogens with zero attached hydrogens (tertiary/aromatic N) is 3. The fourth-order valence-corrected chi connectivity index (χ4v) is 3.36. The number of benzene rings is 1. The Morgan fingerprint density at radius 2 is 1.84 bits per heavy atom. The van der Waals surface area contributed by atoms with Gasteiger partial charge in [0.25, 0.3) is 0 Å². The van der Waals surface area contributed by atoms with E-state index in [1.165, 1.54) is 0 Å². The van der Waals surface area contributed by atoms with E-state index in [1.54, 1.807) is 19.5 Å². The first kappa shape index (κ1) is 17.2. The molecule has 6 heteroatoms. The van der Waals surface area contributed by atoms with Crippen LogP contribution in [0.4, 0.5) is 5.69 Å². The molecule has 25 heavy (non-hydrogen) atoms. The molecule has 1 aliphatic heterocycles. The summed E-state index contributed by atoms with van der Waals surface area (Å²) in [6.45, 7) is 4.92. The van der Waals surface area contributed by atoms with Gasteiger partial charge in [-0.2, -0.15) is 0 Å². The van der Waals surface area contributed by atoms with Crippen LogP contribution in [0.3, 0.4) is 0 Å². The number of carboxylic acid groups (broad SMARTS) is 1. The van der Waals surface area contributed by atoms with Crippen molar-refractivity contribution >= 4 is 11.7 Å². The molecule has 1 aliphatic rings. The largest absolute Gasteiger partial charge is 0.497 e. The highest BCUT2D eigenvalue weighted by molar-refractivity contribution is 5.76. The molecule has 1 N–H and O–H groups in total. The molecule has 1 fully saturated rings. The highest BCUT2D eigenvalue weighted by Gasteiger charge is 2.31. The van der Waals surface area contributed by atoms with Crippen molar-refractivity contribution in [3.63, 3.8) is 0 Å². The summed E-state index contributed by atoms with van der Waals surface area (Å²) < 4.78 is 5.23. The van der Waals surface area contributed by atoms with Gasteiger partial charge in [0, 0.05) is 44.3 Å². The Morgan fingerprint density at radius 1 is 1.16 bits per heavy atom. The van der Waals surface area contributed by atoms with Crippen LogP contribution < -0.4 is 9.64 Å². The molecule has 1 saturated heterocycles. The quantitative estimate of drug-likeness (QED) is 0.900. The Bertz CT molecular complexity index is 728. The molecule has 1 atom stereocenters. The number of anilines is 1. The first-order chi connectivity index (χ1) is 12.1. The maximum Gasteiger partial charge on any atom is 0.325 e. The standard InChI is InChI=1S/C19H23N3O3/c1-14-13-16(25-2)3-4-17(14)18(19(23)24)22-11-9-21(10-12-22)15-5-7-20-8-6-15/h3-8,13,18H,9-12H2,1-2H3,(H,23,24)/t18-/m1/s1. The maximum absolute atomic E-state index is 12.0. The molecular formula is C19H23N3O3. The van der Waals surface area contributed by atoms with Crippen molar-refractivity contribution in [2.45, 2.75) is 13.0 Å². The zero-order chi connectivity index (χ0) is 17.8. The third-order valence-electron chi connectivity index (χ3n) is 4.71. The smallest absolute Gasteiger partial charge is 0.325 e. The minimum Gasteiger partial charge on any atom is -0.497 e. The highest BCUT2D eigenvalue weighted by atomic mass is 16.5. The Kier molecular flexibility index (Phi) is 5.19. The summed E-state index contributed by atoms with van der Waals surface area (Å²) in [5.41, 5.74) is 2.89. The summed E-state index contributed by atoms with van der Waals surface area (Å²) in [6, 6.07) is 8.91. The summed E-state index contributed by atoms with van der Waals surface area (Å²) in [5.74, 6) is -0.0708. The first-order valence-electron chi connectivity index (χ1n) is 8.36. The van der Waals surface area contributed by atoms with E-state index in [0.29, 0.717) is 13.1 Å². The highest BCUT2D eigenvalue weighted by Crippen LogP contribution is 2.29. The van der Waals surface area contributed by atoms with Crippen LogP contribution in [0.1, 0.15) is 17.2 Å². The molecule has 0 amide bonds. The second-order valence-corrected chi connectivity index (χ2v) is 6.19. The summed E-state index contributed by atoms with van der Waals surface area (Å²) in [5, 5.41) is 9.82. The minimum atomic E-state index is -0.814. The normalized spacial score (nSPS) is 16.5. The second kappa shape index (κ2) is 7.53. The van der Waals surface area contributed by atoms with E-state index >= 15 is 0 Å². The third-order valence-corrected chi connectivity index (χ3v) is 4.71. The lowest BCUT2D eigenvalue weighted by Crippen LogP contribution is -2.49. The van der Waals surface area contributed by atoms with Crippen molar-refractivity contribution in [1.29, 1.82) is 0 Å². The molecule has 0 aliphatic carbocycles. The summed E-state index contributed by atoms with van der Waals surface area (Å²) in [7, 11) is 1.61. The predicted molar refractivity (Wildman–Crippen MR) is 96.1 cm³/mol. The molecule has 2 heterocycles. The number of hydrogen-bond donors (Lipinski definition) is 1. The number of rotatable bonds is 5. The maximum atomic E-state index is 12.0. The second-order valence-electron chi connectivity index (χ2n) is 6.19. The SMILES string of the molecule is COc1ccc([C@H](C(=O)O)N2CCN(c3ccncc3)CC2)c(C)c1. The Morgan fingerprint density at radius 3 is 2.40 bits per heavy atom. The number of methoxy groups -OCH3 is 1. The first-order valence-corrected chi connectivity index (χ1v) is 8.36. The van der Waals surface area contributed by atoms with Gasteiger partial charge in [-0.05, 0) is 42.3 Å². The molecule has 1 aromatic carbocycles. The Balaban J connectivity index is 1.76. The van der Waals surface area contributed by atoms with Gasteiger partial charge in [0.2, 0.25) is 0 Å². The van der Waals surface area contributed by atoms with E-state index in [-0.39, 0.29) is 0 Å². The number of hydrogen-bond acceptors (Lipinski definition) is 5. The van der Waals surface area contributed by atoms with Crippen molar-refractivity contribution in [2.24, 2.45) is 0 Å². The van der Waals surface area contributed by atoms with Crippen molar-refractivity contribution in [1.82, 2.24) is 9.88 Å². The van der Waals surface area contributed by atoms with Crippen LogP contribution in [0, 0.1) is 6.92 Å². The predicted octanol–water partition coefficient (Wildman–Crippen LogP) is 2.35. The van der Waals surface area contributed by atoms with Crippen molar-refractivity contribution in [3.05, 3.63) is 53.9 Å². The van der Waals surface area contributed by atoms with Gasteiger partial charge < -0.3 is 14.7 Å². The number of aromatic nitrogens is 1. The van der Waals surface area contributed by atoms with Crippen LogP contribution in [-0.2, 0) is 4.79 Å². The van der Waals surface area contributed by atoms with Crippen LogP contribution in [0.2, 0.25) is 0 Å². The molecule has 0 bridgehead atoms. The molecule has 132 valence electrons. The fraction of sp³-hybridized carbons (Fsp3) is 0.368. The Hall–Kier alpha value is -2.60. The van der Waals surface area contributed by atoms with Crippen molar-refractivity contribution < 1.29 is 14.6 Å². The lowest BCUT2D eigenvalue weighted by molar-refractivity contribution is -0.143. The zero-order valence-corrected chi connectivity index (χ0v) is 14.6. The summed E-state index contributed by atoms with van der Waals surface area (Å²) in [6.07, 6.45) is 3.56. The van der Waals surface area contributed by atoms with E-state index in [0.717, 1.165) is 35.7 Å². The summed E-state index contributed by atoms with van der Waals surface area (Å²) >= 11 is 0. The average molecular weight is 341 g/mol.